The molecule has 0 aliphatic heterocycles. The quantitative estimate of drug-likeness (QED) is 0.387. The molecular weight excluding hydrogens is 270 g/mol. The molecule has 0 saturated carbocycles. The highest BCUT2D eigenvalue weighted by Crippen LogP contribution is 2.10. The summed E-state index contributed by atoms with van der Waals surface area (Å²) < 4.78 is 5.15. The van der Waals surface area contributed by atoms with Crippen molar-refractivity contribution in [3.05, 3.63) is 0 Å². The van der Waals surface area contributed by atoms with Crippen molar-refractivity contribution in [3.8, 4) is 0 Å². The first-order chi connectivity index (χ1) is 9.72. The predicted molar refractivity (Wildman–Crippen MR) is 89.2 cm³/mol. The van der Waals surface area contributed by atoms with Gasteiger partial charge in [0.25, 0.3) is 0 Å². The average molecular weight is 304 g/mol. The number of hydrogen-bond donors (Lipinski definition) is 1. The second-order valence-electron chi connectivity index (χ2n) is 5.41. The smallest absolute Gasteiger partial charge is 0.323 e. The van der Waals surface area contributed by atoms with E-state index < -0.39 is 6.04 Å². The molecule has 4 heteroatoms. The van der Waals surface area contributed by atoms with E-state index in [1.807, 2.05) is 6.26 Å². The first kappa shape index (κ1) is 19.8. The lowest BCUT2D eigenvalue weighted by molar-refractivity contribution is -0.144. The Morgan fingerprint density at radius 2 is 1.50 bits per heavy atom. The zero-order chi connectivity index (χ0) is 15.1. The van der Waals surface area contributed by atoms with Gasteiger partial charge in [0.05, 0.1) is 6.61 Å². The van der Waals surface area contributed by atoms with Gasteiger partial charge in [0, 0.05) is 5.75 Å². The van der Waals surface area contributed by atoms with Gasteiger partial charge in [-0.1, -0.05) is 64.7 Å². The van der Waals surface area contributed by atoms with E-state index in [1.165, 1.54) is 51.4 Å². The number of esters is 1. The summed E-state index contributed by atoms with van der Waals surface area (Å²) in [6.45, 7) is 2.78. The van der Waals surface area contributed by atoms with Gasteiger partial charge in [0.1, 0.15) is 6.04 Å². The topological polar surface area (TPSA) is 52.3 Å². The summed E-state index contributed by atoms with van der Waals surface area (Å²) >= 11 is 1.57. The van der Waals surface area contributed by atoms with Gasteiger partial charge in [-0.05, 0) is 12.7 Å². The van der Waals surface area contributed by atoms with Crippen LogP contribution in [0.4, 0.5) is 0 Å². The summed E-state index contributed by atoms with van der Waals surface area (Å²) in [4.78, 5) is 11.4. The van der Waals surface area contributed by atoms with Gasteiger partial charge in [-0.3, -0.25) is 4.79 Å². The van der Waals surface area contributed by atoms with E-state index in [0.29, 0.717) is 12.4 Å². The van der Waals surface area contributed by atoms with Crippen LogP contribution in [-0.4, -0.2) is 30.6 Å². The third kappa shape index (κ3) is 12.8. The molecule has 120 valence electrons. The van der Waals surface area contributed by atoms with Crippen LogP contribution >= 0.6 is 11.8 Å². The van der Waals surface area contributed by atoms with Crippen LogP contribution in [0.15, 0.2) is 0 Å². The average Bonchev–Trinajstić information content (AvgIpc) is 2.44. The van der Waals surface area contributed by atoms with E-state index in [-0.39, 0.29) is 5.97 Å². The number of thioether (sulfide) groups is 1. The van der Waals surface area contributed by atoms with Crippen LogP contribution in [0, 0.1) is 0 Å². The molecule has 0 aliphatic rings. The van der Waals surface area contributed by atoms with Crippen LogP contribution in [0.2, 0.25) is 0 Å². The van der Waals surface area contributed by atoms with E-state index >= 15 is 0 Å². The number of ether oxygens (including phenoxy) is 1. The number of carbonyl (C=O) groups excluding carboxylic acids is 1. The molecule has 0 radical (unpaired) electrons. The standard InChI is InChI=1S/C16H33NO2S/c1-3-4-5-6-7-8-9-10-11-12-13-19-16(18)15(17)14-20-2/h15H,3-14,17H2,1-2H3/t15-/m0/s1. The molecule has 0 rings (SSSR count). The maximum Gasteiger partial charge on any atom is 0.323 e. The van der Waals surface area contributed by atoms with Gasteiger partial charge in [-0.25, -0.2) is 0 Å². The van der Waals surface area contributed by atoms with Gasteiger partial charge < -0.3 is 10.5 Å². The molecule has 20 heavy (non-hydrogen) atoms. The number of hydrogen-bond acceptors (Lipinski definition) is 4. The van der Waals surface area contributed by atoms with Gasteiger partial charge in [0.15, 0.2) is 0 Å². The Balaban J connectivity index is 3.18. The molecule has 0 unspecified atom stereocenters. The van der Waals surface area contributed by atoms with Gasteiger partial charge in [-0.2, -0.15) is 11.8 Å². The van der Waals surface area contributed by atoms with Crippen LogP contribution in [0.25, 0.3) is 0 Å². The van der Waals surface area contributed by atoms with E-state index in [1.54, 1.807) is 11.8 Å². The third-order valence-corrected chi connectivity index (χ3v) is 4.08. The zero-order valence-corrected chi connectivity index (χ0v) is 14.2. The van der Waals surface area contributed by atoms with Crippen molar-refractivity contribution < 1.29 is 9.53 Å². The predicted octanol–water partition coefficient (Wildman–Crippen LogP) is 4.14. The Labute approximate surface area is 129 Å². The maximum atomic E-state index is 11.4. The summed E-state index contributed by atoms with van der Waals surface area (Å²) in [7, 11) is 0. The molecule has 0 saturated heterocycles. The molecule has 0 heterocycles. The molecule has 0 aromatic heterocycles. The van der Waals surface area contributed by atoms with E-state index in [0.717, 1.165) is 12.8 Å². The molecule has 0 aromatic carbocycles. The summed E-state index contributed by atoms with van der Waals surface area (Å²) in [6.07, 6.45) is 14.8. The van der Waals surface area contributed by atoms with Crippen molar-refractivity contribution in [3.63, 3.8) is 0 Å². The molecule has 3 nitrogen and oxygen atoms in total. The van der Waals surface area contributed by atoms with Gasteiger partial charge in [-0.15, -0.1) is 0 Å². The fourth-order valence-electron chi connectivity index (χ4n) is 2.12. The Kier molecular flexibility index (Phi) is 15.0. The molecule has 2 N–H and O–H groups in total. The third-order valence-electron chi connectivity index (χ3n) is 3.39. The Morgan fingerprint density at radius 1 is 1.00 bits per heavy atom. The van der Waals surface area contributed by atoms with Crippen molar-refractivity contribution in [1.82, 2.24) is 0 Å². The van der Waals surface area contributed by atoms with E-state index in [9.17, 15) is 4.79 Å². The highest BCUT2D eigenvalue weighted by Gasteiger charge is 2.13. The molecule has 0 aliphatic carbocycles. The number of rotatable bonds is 14. The molecule has 0 spiro atoms. The molecule has 0 aromatic rings. The number of unbranched alkanes of at least 4 members (excludes halogenated alkanes) is 9. The second kappa shape index (κ2) is 15.2. The Morgan fingerprint density at radius 3 is 2.00 bits per heavy atom. The largest absolute Gasteiger partial charge is 0.465 e. The molecule has 1 atom stereocenters. The van der Waals surface area contributed by atoms with Crippen molar-refractivity contribution in [1.29, 1.82) is 0 Å². The Hall–Kier alpha value is -0.220. The minimum atomic E-state index is -0.465. The number of nitrogens with two attached hydrogens (primary N) is 1. The van der Waals surface area contributed by atoms with E-state index in [2.05, 4.69) is 6.92 Å². The van der Waals surface area contributed by atoms with Crippen molar-refractivity contribution in [2.75, 3.05) is 18.6 Å². The summed E-state index contributed by atoms with van der Waals surface area (Å²) in [5, 5.41) is 0. The van der Waals surface area contributed by atoms with Gasteiger partial charge >= 0.3 is 5.97 Å². The molecule has 0 bridgehead atoms. The maximum absolute atomic E-state index is 11.4. The lowest BCUT2D eigenvalue weighted by Gasteiger charge is -2.09. The fourth-order valence-corrected chi connectivity index (χ4v) is 2.61. The SMILES string of the molecule is CCCCCCCCCCCCOC(=O)[C@@H](N)CSC. The van der Waals surface area contributed by atoms with Crippen molar-refractivity contribution in [2.24, 2.45) is 5.73 Å². The number of carbonyl (C=O) groups is 1. The van der Waals surface area contributed by atoms with Crippen molar-refractivity contribution >= 4 is 17.7 Å². The molecule has 0 amide bonds. The van der Waals surface area contributed by atoms with Crippen LogP contribution < -0.4 is 5.73 Å². The van der Waals surface area contributed by atoms with Crippen LogP contribution in [0.1, 0.15) is 71.1 Å². The summed E-state index contributed by atoms with van der Waals surface area (Å²) in [5.41, 5.74) is 5.66. The first-order valence-corrected chi connectivity index (χ1v) is 9.53. The Bertz CT molecular complexity index is 225. The summed E-state index contributed by atoms with van der Waals surface area (Å²) in [5.74, 6) is 0.381. The molecule has 0 fully saturated rings. The molecular formula is C16H33NO2S. The highest BCUT2D eigenvalue weighted by atomic mass is 32.2. The second-order valence-corrected chi connectivity index (χ2v) is 6.32. The van der Waals surface area contributed by atoms with Crippen LogP contribution in [-0.2, 0) is 9.53 Å². The summed E-state index contributed by atoms with van der Waals surface area (Å²) in [6, 6.07) is -0.465. The lowest BCUT2D eigenvalue weighted by Crippen LogP contribution is -2.34. The highest BCUT2D eigenvalue weighted by molar-refractivity contribution is 7.98. The van der Waals surface area contributed by atoms with E-state index in [4.69, 9.17) is 10.5 Å². The minimum absolute atomic E-state index is 0.254. The minimum Gasteiger partial charge on any atom is -0.465 e. The normalized spacial score (nSPS) is 12.3. The fraction of sp³-hybridized carbons (Fsp3) is 0.938. The first-order valence-electron chi connectivity index (χ1n) is 8.13. The van der Waals surface area contributed by atoms with Crippen LogP contribution in [0.3, 0.4) is 0 Å². The van der Waals surface area contributed by atoms with Gasteiger partial charge in [0.2, 0.25) is 0 Å². The monoisotopic (exact) mass is 303 g/mol. The van der Waals surface area contributed by atoms with Crippen molar-refractivity contribution in [2.45, 2.75) is 77.2 Å². The van der Waals surface area contributed by atoms with Crippen LogP contribution in [0.5, 0.6) is 0 Å². The lowest BCUT2D eigenvalue weighted by atomic mass is 10.1. The zero-order valence-electron chi connectivity index (χ0n) is 13.4.